The summed E-state index contributed by atoms with van der Waals surface area (Å²) < 4.78 is 27.2. The molecule has 0 aliphatic rings. The maximum absolute atomic E-state index is 12.1. The minimum Gasteiger partial charge on any atom is -0.278 e. The highest BCUT2D eigenvalue weighted by Crippen LogP contribution is 2.29. The molecule has 6 heteroatoms. The second-order valence-electron chi connectivity index (χ2n) is 3.47. The average molecular weight is 299 g/mol. The second kappa shape index (κ2) is 5.77. The van der Waals surface area contributed by atoms with E-state index in [9.17, 15) is 8.42 Å². The molecule has 1 heterocycles. The molecule has 0 amide bonds. The molecule has 0 aliphatic carbocycles. The summed E-state index contributed by atoms with van der Waals surface area (Å²) in [7, 11) is -3.46. The Balaban J connectivity index is 2.29. The lowest BCUT2D eigenvalue weighted by Crippen LogP contribution is -2.12. The zero-order valence-corrected chi connectivity index (χ0v) is 12.2. The molecule has 0 spiro atoms. The molecule has 18 heavy (non-hydrogen) atoms. The first kappa shape index (κ1) is 13.5. The Hall–Kier alpha value is -0.980. The summed E-state index contributed by atoms with van der Waals surface area (Å²) in [5, 5.41) is 1.75. The molecule has 0 fully saturated rings. The van der Waals surface area contributed by atoms with Gasteiger partial charge in [-0.15, -0.1) is 23.1 Å². The molecule has 0 unspecified atom stereocenters. The Kier molecular flexibility index (Phi) is 4.31. The van der Waals surface area contributed by atoms with Crippen LogP contribution in [0.15, 0.2) is 50.9 Å². The molecule has 96 valence electrons. The number of hydrogen-bond acceptors (Lipinski definition) is 4. The highest BCUT2D eigenvalue weighted by Gasteiger charge is 2.16. The summed E-state index contributed by atoms with van der Waals surface area (Å²) in [6.07, 6.45) is 0. The van der Waals surface area contributed by atoms with E-state index in [-0.39, 0.29) is 0 Å². The van der Waals surface area contributed by atoms with Gasteiger partial charge >= 0.3 is 0 Å². The van der Waals surface area contributed by atoms with Gasteiger partial charge in [-0.25, -0.2) is 8.42 Å². The standard InChI is InChI=1S/C12H13NO2S3/c1-2-16-11-7-4-3-6-10(11)13-18(14,15)12-8-5-9-17-12/h3-9,13H,2H2,1H3. The fraction of sp³-hybridized carbons (Fsp3) is 0.167. The van der Waals surface area contributed by atoms with Gasteiger partial charge in [0.15, 0.2) is 0 Å². The SMILES string of the molecule is CCSc1ccccc1NS(=O)(=O)c1cccs1. The zero-order valence-electron chi connectivity index (χ0n) is 9.79. The van der Waals surface area contributed by atoms with Gasteiger partial charge < -0.3 is 0 Å². The summed E-state index contributed by atoms with van der Waals surface area (Å²) in [5.41, 5.74) is 0.637. The van der Waals surface area contributed by atoms with Gasteiger partial charge in [0, 0.05) is 4.90 Å². The minimum absolute atomic E-state index is 0.332. The minimum atomic E-state index is -3.46. The van der Waals surface area contributed by atoms with Crippen molar-refractivity contribution in [3.05, 3.63) is 41.8 Å². The van der Waals surface area contributed by atoms with Gasteiger partial charge in [0.25, 0.3) is 10.0 Å². The van der Waals surface area contributed by atoms with Crippen LogP contribution < -0.4 is 4.72 Å². The van der Waals surface area contributed by atoms with Crippen molar-refractivity contribution in [1.82, 2.24) is 0 Å². The number of thioether (sulfide) groups is 1. The zero-order chi connectivity index (χ0) is 13.0. The fourth-order valence-corrected chi connectivity index (χ4v) is 4.34. The summed E-state index contributed by atoms with van der Waals surface area (Å²) in [5.74, 6) is 0.901. The van der Waals surface area contributed by atoms with Crippen molar-refractivity contribution < 1.29 is 8.42 Å². The topological polar surface area (TPSA) is 46.2 Å². The normalized spacial score (nSPS) is 11.4. The number of thiophene rings is 1. The highest BCUT2D eigenvalue weighted by atomic mass is 32.2. The van der Waals surface area contributed by atoms with Gasteiger partial charge in [-0.3, -0.25) is 4.72 Å². The molecule has 1 aromatic heterocycles. The number of nitrogens with one attached hydrogen (secondary N) is 1. The lowest BCUT2D eigenvalue weighted by Gasteiger charge is -2.10. The van der Waals surface area contributed by atoms with E-state index in [1.54, 1.807) is 35.3 Å². The van der Waals surface area contributed by atoms with Crippen LogP contribution in [0, 0.1) is 0 Å². The molecule has 3 nitrogen and oxygen atoms in total. The molecule has 2 aromatic rings. The highest BCUT2D eigenvalue weighted by molar-refractivity contribution is 7.99. The maximum atomic E-state index is 12.1. The number of benzene rings is 1. The van der Waals surface area contributed by atoms with E-state index in [0.717, 1.165) is 10.6 Å². The van der Waals surface area contributed by atoms with Gasteiger partial charge in [-0.2, -0.15) is 0 Å². The molecule has 0 saturated heterocycles. The van der Waals surface area contributed by atoms with Crippen LogP contribution >= 0.6 is 23.1 Å². The number of sulfonamides is 1. The van der Waals surface area contributed by atoms with Gasteiger partial charge in [-0.1, -0.05) is 25.1 Å². The summed E-state index contributed by atoms with van der Waals surface area (Å²) >= 11 is 2.83. The number of anilines is 1. The van der Waals surface area contributed by atoms with Crippen LogP contribution in [0.2, 0.25) is 0 Å². The van der Waals surface area contributed by atoms with Crippen molar-refractivity contribution in [3.63, 3.8) is 0 Å². The van der Waals surface area contributed by atoms with E-state index in [0.29, 0.717) is 9.90 Å². The Morgan fingerprint density at radius 3 is 2.67 bits per heavy atom. The average Bonchev–Trinajstić information content (AvgIpc) is 2.86. The summed E-state index contributed by atoms with van der Waals surface area (Å²) in [6, 6.07) is 10.8. The van der Waals surface area contributed by atoms with Gasteiger partial charge in [-0.05, 0) is 29.3 Å². The van der Waals surface area contributed by atoms with E-state index < -0.39 is 10.0 Å². The van der Waals surface area contributed by atoms with Crippen LogP contribution in [-0.2, 0) is 10.0 Å². The van der Waals surface area contributed by atoms with Crippen LogP contribution in [0.25, 0.3) is 0 Å². The van der Waals surface area contributed by atoms with Crippen LogP contribution in [-0.4, -0.2) is 14.2 Å². The third-order valence-corrected chi connectivity index (χ3v) is 5.91. The molecule has 0 radical (unpaired) electrons. The fourth-order valence-electron chi connectivity index (χ4n) is 1.44. The Bertz CT molecular complexity index is 606. The Labute approximate surface area is 115 Å². The van der Waals surface area contributed by atoms with Crippen molar-refractivity contribution in [3.8, 4) is 0 Å². The van der Waals surface area contributed by atoms with Crippen LogP contribution in [0.5, 0.6) is 0 Å². The molecule has 2 rings (SSSR count). The molecule has 0 bridgehead atoms. The molecular formula is C12H13NO2S3. The lowest BCUT2D eigenvalue weighted by atomic mass is 10.3. The van der Waals surface area contributed by atoms with E-state index in [1.165, 1.54) is 11.3 Å². The van der Waals surface area contributed by atoms with Gasteiger partial charge in [0.05, 0.1) is 5.69 Å². The lowest BCUT2D eigenvalue weighted by molar-refractivity contribution is 0.603. The third kappa shape index (κ3) is 3.07. The Morgan fingerprint density at radius 2 is 2.00 bits per heavy atom. The van der Waals surface area contributed by atoms with Crippen LogP contribution in [0.4, 0.5) is 5.69 Å². The molecule has 1 N–H and O–H groups in total. The van der Waals surface area contributed by atoms with Crippen molar-refractivity contribution in [2.45, 2.75) is 16.0 Å². The van der Waals surface area contributed by atoms with Gasteiger partial charge in [0.1, 0.15) is 4.21 Å². The first-order valence-corrected chi connectivity index (χ1v) is 8.76. The number of para-hydroxylation sites is 1. The van der Waals surface area contributed by atoms with E-state index in [2.05, 4.69) is 4.72 Å². The second-order valence-corrected chi connectivity index (χ2v) is 7.63. The number of rotatable bonds is 5. The predicted molar refractivity (Wildman–Crippen MR) is 78.0 cm³/mol. The van der Waals surface area contributed by atoms with Crippen molar-refractivity contribution in [1.29, 1.82) is 0 Å². The van der Waals surface area contributed by atoms with Crippen molar-refractivity contribution in [2.24, 2.45) is 0 Å². The number of hydrogen-bond donors (Lipinski definition) is 1. The van der Waals surface area contributed by atoms with E-state index in [4.69, 9.17) is 0 Å². The Morgan fingerprint density at radius 1 is 1.22 bits per heavy atom. The third-order valence-electron chi connectivity index (χ3n) is 2.19. The van der Waals surface area contributed by atoms with Crippen molar-refractivity contribution in [2.75, 3.05) is 10.5 Å². The van der Waals surface area contributed by atoms with E-state index in [1.807, 2.05) is 25.1 Å². The maximum Gasteiger partial charge on any atom is 0.271 e. The molecule has 0 saturated carbocycles. The van der Waals surface area contributed by atoms with Gasteiger partial charge in [0.2, 0.25) is 0 Å². The first-order valence-electron chi connectivity index (χ1n) is 5.41. The molecular weight excluding hydrogens is 286 g/mol. The monoisotopic (exact) mass is 299 g/mol. The van der Waals surface area contributed by atoms with Crippen LogP contribution in [0.1, 0.15) is 6.92 Å². The largest absolute Gasteiger partial charge is 0.278 e. The molecule has 0 aliphatic heterocycles. The quantitative estimate of drug-likeness (QED) is 0.857. The van der Waals surface area contributed by atoms with E-state index >= 15 is 0 Å². The smallest absolute Gasteiger partial charge is 0.271 e. The first-order chi connectivity index (χ1) is 8.63. The molecule has 0 atom stereocenters. The van der Waals surface area contributed by atoms with Crippen LogP contribution in [0.3, 0.4) is 0 Å². The van der Waals surface area contributed by atoms with Crippen molar-refractivity contribution >= 4 is 38.8 Å². The summed E-state index contributed by atoms with van der Waals surface area (Å²) in [4.78, 5) is 0.945. The summed E-state index contributed by atoms with van der Waals surface area (Å²) in [6.45, 7) is 2.04. The predicted octanol–water partition coefficient (Wildman–Crippen LogP) is 3.66. The molecule has 1 aromatic carbocycles.